The number of aromatic nitrogens is 1. The minimum absolute atomic E-state index is 0.00286. The Morgan fingerprint density at radius 1 is 1.24 bits per heavy atom. The average Bonchev–Trinajstić information content (AvgIpc) is 2.97. The number of aliphatic hydroxyl groups excluding tert-OH is 1. The van der Waals surface area contributed by atoms with Gasteiger partial charge in [-0.2, -0.15) is 0 Å². The molecular formula is C18H19N3O3S. The fourth-order valence-electron chi connectivity index (χ4n) is 2.23. The summed E-state index contributed by atoms with van der Waals surface area (Å²) < 4.78 is 6.74. The van der Waals surface area contributed by atoms with E-state index in [0.29, 0.717) is 16.6 Å². The molecule has 0 atom stereocenters. The lowest BCUT2D eigenvalue weighted by molar-refractivity contribution is 0.250. The zero-order chi connectivity index (χ0) is 17.8. The van der Waals surface area contributed by atoms with Gasteiger partial charge < -0.3 is 20.5 Å². The van der Waals surface area contributed by atoms with Gasteiger partial charge in [-0.25, -0.2) is 9.78 Å². The summed E-state index contributed by atoms with van der Waals surface area (Å²) in [5, 5.41) is 15.2. The van der Waals surface area contributed by atoms with Gasteiger partial charge in [0.15, 0.2) is 0 Å². The van der Waals surface area contributed by atoms with Gasteiger partial charge in [-0.3, -0.25) is 0 Å². The van der Waals surface area contributed by atoms with Crippen LogP contribution in [0.15, 0.2) is 42.5 Å². The lowest BCUT2D eigenvalue weighted by atomic mass is 10.2. The zero-order valence-electron chi connectivity index (χ0n) is 13.9. The van der Waals surface area contributed by atoms with Crippen LogP contribution in [0.3, 0.4) is 0 Å². The fraction of sp³-hybridized carbons (Fsp3) is 0.222. The van der Waals surface area contributed by atoms with Crippen molar-refractivity contribution in [2.24, 2.45) is 0 Å². The summed E-state index contributed by atoms with van der Waals surface area (Å²) in [6, 6.07) is 12.5. The number of carbonyl (C=O) groups excluding carboxylic acids is 1. The van der Waals surface area contributed by atoms with Crippen LogP contribution in [0.4, 0.5) is 10.5 Å². The summed E-state index contributed by atoms with van der Waals surface area (Å²) in [6.45, 7) is 3.80. The number of hydrogen-bond acceptors (Lipinski definition) is 5. The number of fused-ring (bicyclic) bond motifs is 1. The maximum absolute atomic E-state index is 11.7. The van der Waals surface area contributed by atoms with Crippen LogP contribution in [0.25, 0.3) is 10.2 Å². The SMILES string of the molecule is CC(C)NC(=O)Nc1ccc(Oc2nc3ccc(CO)cc3s2)cc1. The van der Waals surface area contributed by atoms with Crippen molar-refractivity contribution in [1.82, 2.24) is 10.3 Å². The fourth-order valence-corrected chi connectivity index (χ4v) is 3.12. The maximum atomic E-state index is 11.7. The van der Waals surface area contributed by atoms with Gasteiger partial charge in [0.2, 0.25) is 0 Å². The minimum Gasteiger partial charge on any atom is -0.431 e. The highest BCUT2D eigenvalue weighted by Crippen LogP contribution is 2.32. The van der Waals surface area contributed by atoms with Crippen molar-refractivity contribution in [3.63, 3.8) is 0 Å². The molecule has 0 bridgehead atoms. The van der Waals surface area contributed by atoms with Crippen molar-refractivity contribution < 1.29 is 14.6 Å². The summed E-state index contributed by atoms with van der Waals surface area (Å²) in [4.78, 5) is 16.1. The number of urea groups is 1. The van der Waals surface area contributed by atoms with E-state index in [1.807, 2.05) is 32.0 Å². The largest absolute Gasteiger partial charge is 0.431 e. The van der Waals surface area contributed by atoms with E-state index < -0.39 is 0 Å². The second-order valence-electron chi connectivity index (χ2n) is 5.82. The van der Waals surface area contributed by atoms with Crippen molar-refractivity contribution in [3.8, 4) is 10.9 Å². The number of nitrogens with one attached hydrogen (secondary N) is 2. The second-order valence-corrected chi connectivity index (χ2v) is 6.81. The molecule has 2 amide bonds. The maximum Gasteiger partial charge on any atom is 0.319 e. The van der Waals surface area contributed by atoms with E-state index in [1.54, 1.807) is 24.3 Å². The van der Waals surface area contributed by atoms with Crippen LogP contribution in [0.5, 0.6) is 10.9 Å². The van der Waals surface area contributed by atoms with E-state index in [4.69, 9.17) is 4.74 Å². The molecule has 1 aromatic heterocycles. The minimum atomic E-state index is -0.241. The van der Waals surface area contributed by atoms with Crippen molar-refractivity contribution in [1.29, 1.82) is 0 Å². The van der Waals surface area contributed by atoms with E-state index >= 15 is 0 Å². The second kappa shape index (κ2) is 7.50. The number of anilines is 1. The highest BCUT2D eigenvalue weighted by Gasteiger charge is 2.08. The Bertz CT molecular complexity index is 875. The third-order valence-electron chi connectivity index (χ3n) is 3.35. The number of ether oxygens (including phenoxy) is 1. The van der Waals surface area contributed by atoms with E-state index in [-0.39, 0.29) is 18.7 Å². The van der Waals surface area contributed by atoms with Crippen molar-refractivity contribution in [3.05, 3.63) is 48.0 Å². The van der Waals surface area contributed by atoms with Crippen LogP contribution < -0.4 is 15.4 Å². The highest BCUT2D eigenvalue weighted by molar-refractivity contribution is 7.20. The zero-order valence-corrected chi connectivity index (χ0v) is 14.8. The molecule has 3 rings (SSSR count). The Hall–Kier alpha value is -2.64. The van der Waals surface area contributed by atoms with E-state index in [9.17, 15) is 9.90 Å². The Kier molecular flexibility index (Phi) is 5.16. The standard InChI is InChI=1S/C18H19N3O3S/c1-11(2)19-17(23)20-13-4-6-14(7-5-13)24-18-21-15-8-3-12(10-22)9-16(15)25-18/h3-9,11,22H,10H2,1-2H3,(H2,19,20,23). The first-order chi connectivity index (χ1) is 12.0. The predicted molar refractivity (Wildman–Crippen MR) is 99.3 cm³/mol. The number of benzene rings is 2. The molecule has 130 valence electrons. The monoisotopic (exact) mass is 357 g/mol. The molecule has 1 heterocycles. The number of nitrogens with zero attached hydrogens (tertiary/aromatic N) is 1. The average molecular weight is 357 g/mol. The van der Waals surface area contributed by atoms with Gasteiger partial charge in [0, 0.05) is 11.7 Å². The molecular weight excluding hydrogens is 338 g/mol. The number of carbonyl (C=O) groups is 1. The van der Waals surface area contributed by atoms with Crippen LogP contribution >= 0.6 is 11.3 Å². The van der Waals surface area contributed by atoms with Crippen LogP contribution in [-0.2, 0) is 6.61 Å². The van der Waals surface area contributed by atoms with Crippen molar-refractivity contribution in [2.45, 2.75) is 26.5 Å². The molecule has 0 saturated heterocycles. The molecule has 3 N–H and O–H groups in total. The molecule has 0 radical (unpaired) electrons. The summed E-state index contributed by atoms with van der Waals surface area (Å²) >= 11 is 1.42. The van der Waals surface area contributed by atoms with Gasteiger partial charge in [-0.15, -0.1) is 0 Å². The summed E-state index contributed by atoms with van der Waals surface area (Å²) in [5.41, 5.74) is 2.36. The van der Waals surface area contributed by atoms with Crippen molar-refractivity contribution in [2.75, 3.05) is 5.32 Å². The van der Waals surface area contributed by atoms with Gasteiger partial charge in [0.05, 0.1) is 16.8 Å². The smallest absolute Gasteiger partial charge is 0.319 e. The first-order valence-corrected chi connectivity index (χ1v) is 8.71. The lowest BCUT2D eigenvalue weighted by Crippen LogP contribution is -2.34. The molecule has 0 fully saturated rings. The molecule has 0 unspecified atom stereocenters. The van der Waals surface area contributed by atoms with E-state index in [0.717, 1.165) is 15.8 Å². The van der Waals surface area contributed by atoms with Gasteiger partial charge >= 0.3 is 6.03 Å². The predicted octanol–water partition coefficient (Wildman–Crippen LogP) is 4.11. The first-order valence-electron chi connectivity index (χ1n) is 7.89. The van der Waals surface area contributed by atoms with Crippen molar-refractivity contribution >= 4 is 33.3 Å². The number of amides is 2. The Balaban J connectivity index is 1.68. The normalized spacial score (nSPS) is 10.9. The van der Waals surface area contributed by atoms with Crippen LogP contribution in [0.2, 0.25) is 0 Å². The van der Waals surface area contributed by atoms with Crippen LogP contribution in [0, 0.1) is 0 Å². The molecule has 0 aliphatic carbocycles. The van der Waals surface area contributed by atoms with Crippen LogP contribution in [0.1, 0.15) is 19.4 Å². The number of aliphatic hydroxyl groups is 1. The lowest BCUT2D eigenvalue weighted by Gasteiger charge is -2.10. The van der Waals surface area contributed by atoms with E-state index in [2.05, 4.69) is 15.6 Å². The molecule has 0 aliphatic heterocycles. The summed E-state index contributed by atoms with van der Waals surface area (Å²) in [6.07, 6.45) is 0. The highest BCUT2D eigenvalue weighted by atomic mass is 32.1. The number of thiazole rings is 1. The molecule has 0 spiro atoms. The molecule has 0 saturated carbocycles. The summed E-state index contributed by atoms with van der Waals surface area (Å²) in [7, 11) is 0. The number of rotatable bonds is 5. The molecule has 25 heavy (non-hydrogen) atoms. The Morgan fingerprint density at radius 2 is 2.00 bits per heavy atom. The van der Waals surface area contributed by atoms with Crippen LogP contribution in [-0.4, -0.2) is 22.2 Å². The third kappa shape index (κ3) is 4.46. The molecule has 2 aromatic carbocycles. The van der Waals surface area contributed by atoms with Gasteiger partial charge in [0.1, 0.15) is 5.75 Å². The quantitative estimate of drug-likeness (QED) is 0.642. The van der Waals surface area contributed by atoms with E-state index in [1.165, 1.54) is 11.3 Å². The Labute approximate surface area is 149 Å². The van der Waals surface area contributed by atoms with Gasteiger partial charge in [0.25, 0.3) is 5.19 Å². The molecule has 7 heteroatoms. The third-order valence-corrected chi connectivity index (χ3v) is 4.25. The molecule has 6 nitrogen and oxygen atoms in total. The van der Waals surface area contributed by atoms with Gasteiger partial charge in [-0.05, 0) is 55.8 Å². The molecule has 0 aliphatic rings. The van der Waals surface area contributed by atoms with Gasteiger partial charge in [-0.1, -0.05) is 17.4 Å². The molecule has 3 aromatic rings. The first kappa shape index (κ1) is 17.2. The summed E-state index contributed by atoms with van der Waals surface area (Å²) in [5.74, 6) is 0.635. The number of hydrogen-bond donors (Lipinski definition) is 3. The Morgan fingerprint density at radius 3 is 2.68 bits per heavy atom. The topological polar surface area (TPSA) is 83.5 Å².